The molecule has 1 aromatic carbocycles. The summed E-state index contributed by atoms with van der Waals surface area (Å²) in [5.74, 6) is -0.692. The molecule has 0 saturated heterocycles. The first-order valence-corrected chi connectivity index (χ1v) is 5.89. The summed E-state index contributed by atoms with van der Waals surface area (Å²) in [5.41, 5.74) is 0.230. The van der Waals surface area contributed by atoms with Gasteiger partial charge in [0.1, 0.15) is 10.6 Å². The summed E-state index contributed by atoms with van der Waals surface area (Å²) < 4.78 is 4.98. The topological polar surface area (TPSA) is 75.6 Å². The van der Waals surface area contributed by atoms with Crippen LogP contribution in [0.2, 0.25) is 0 Å². The van der Waals surface area contributed by atoms with Crippen molar-refractivity contribution in [2.75, 3.05) is 5.32 Å². The minimum atomic E-state index is -1.08. The maximum absolute atomic E-state index is 11.5. The van der Waals surface area contributed by atoms with Crippen molar-refractivity contribution in [2.24, 2.45) is 0 Å². The quantitative estimate of drug-likeness (QED) is 0.892. The number of carboxylic acids is 1. The lowest BCUT2D eigenvalue weighted by molar-refractivity contribution is 0.0703. The van der Waals surface area contributed by atoms with Gasteiger partial charge >= 0.3 is 12.1 Å². The Morgan fingerprint density at radius 1 is 1.17 bits per heavy atom. The number of ether oxygens (including phenoxy) is 1. The maximum Gasteiger partial charge on any atom is 0.417 e. The molecule has 0 aliphatic heterocycles. The summed E-state index contributed by atoms with van der Waals surface area (Å²) in [5, 5.41) is 12.8. The second-order valence-corrected chi connectivity index (χ2v) is 4.21. The Bertz CT molecular complexity index is 564. The van der Waals surface area contributed by atoms with Crippen LogP contribution in [0.15, 0.2) is 41.8 Å². The fourth-order valence-corrected chi connectivity index (χ4v) is 1.99. The molecule has 1 aromatic heterocycles. The zero-order valence-corrected chi connectivity index (χ0v) is 9.94. The number of amides is 1. The van der Waals surface area contributed by atoms with Gasteiger partial charge in [0.05, 0.1) is 5.69 Å². The van der Waals surface area contributed by atoms with Crippen molar-refractivity contribution in [3.05, 3.63) is 46.7 Å². The van der Waals surface area contributed by atoms with E-state index in [2.05, 4.69) is 5.32 Å². The van der Waals surface area contributed by atoms with Crippen LogP contribution >= 0.6 is 11.3 Å². The summed E-state index contributed by atoms with van der Waals surface area (Å²) in [6.45, 7) is 0. The van der Waals surface area contributed by atoms with Crippen molar-refractivity contribution in [1.29, 1.82) is 0 Å². The lowest BCUT2D eigenvalue weighted by Crippen LogP contribution is -2.17. The second kappa shape index (κ2) is 5.33. The van der Waals surface area contributed by atoms with Gasteiger partial charge in [-0.2, -0.15) is 0 Å². The summed E-state index contributed by atoms with van der Waals surface area (Å²) in [7, 11) is 0. The second-order valence-electron chi connectivity index (χ2n) is 3.30. The molecule has 0 saturated carbocycles. The highest BCUT2D eigenvalue weighted by Crippen LogP contribution is 2.22. The van der Waals surface area contributed by atoms with E-state index in [1.54, 1.807) is 35.7 Å². The number of carbonyl (C=O) groups is 2. The molecular weight excluding hydrogens is 254 g/mol. The first-order valence-electron chi connectivity index (χ1n) is 5.01. The molecule has 1 amide bonds. The van der Waals surface area contributed by atoms with E-state index in [9.17, 15) is 9.59 Å². The van der Waals surface area contributed by atoms with Crippen molar-refractivity contribution in [3.8, 4) is 5.75 Å². The van der Waals surface area contributed by atoms with Crippen LogP contribution in [0.25, 0.3) is 0 Å². The smallest absolute Gasteiger partial charge is 0.417 e. The molecule has 0 aliphatic carbocycles. The van der Waals surface area contributed by atoms with E-state index >= 15 is 0 Å². The Morgan fingerprint density at radius 3 is 2.56 bits per heavy atom. The van der Waals surface area contributed by atoms with E-state index in [0.29, 0.717) is 5.75 Å². The van der Waals surface area contributed by atoms with Gasteiger partial charge in [0.15, 0.2) is 0 Å². The van der Waals surface area contributed by atoms with Gasteiger partial charge in [-0.3, -0.25) is 5.32 Å². The minimum absolute atomic E-state index is 0.0695. The number of thiophene rings is 1. The molecule has 92 valence electrons. The third-order valence-electron chi connectivity index (χ3n) is 2.05. The zero-order chi connectivity index (χ0) is 13.0. The monoisotopic (exact) mass is 263 g/mol. The van der Waals surface area contributed by atoms with Crippen LogP contribution in [0.4, 0.5) is 10.5 Å². The minimum Gasteiger partial charge on any atom is -0.477 e. The number of carboxylic acid groups (broad SMARTS) is 1. The Morgan fingerprint density at radius 2 is 1.89 bits per heavy atom. The first kappa shape index (κ1) is 12.1. The van der Waals surface area contributed by atoms with E-state index in [4.69, 9.17) is 9.84 Å². The molecule has 0 unspecified atom stereocenters. The molecule has 0 atom stereocenters. The molecule has 6 heteroatoms. The number of hydrogen-bond donors (Lipinski definition) is 2. The molecule has 0 bridgehead atoms. The number of aromatic carboxylic acids is 1. The van der Waals surface area contributed by atoms with Crippen molar-refractivity contribution >= 4 is 29.1 Å². The van der Waals surface area contributed by atoms with Gasteiger partial charge in [-0.05, 0) is 23.6 Å². The molecule has 0 aliphatic rings. The first-order chi connectivity index (χ1) is 8.66. The van der Waals surface area contributed by atoms with Gasteiger partial charge < -0.3 is 9.84 Å². The number of nitrogens with one attached hydrogen (secondary N) is 1. The van der Waals surface area contributed by atoms with E-state index in [1.165, 1.54) is 6.07 Å². The highest BCUT2D eigenvalue weighted by atomic mass is 32.1. The maximum atomic E-state index is 11.5. The SMILES string of the molecule is O=C(Nc1ccsc1C(=O)O)Oc1ccccc1. The summed E-state index contributed by atoms with van der Waals surface area (Å²) in [4.78, 5) is 22.4. The number of benzene rings is 1. The lowest BCUT2D eigenvalue weighted by atomic mass is 10.3. The molecule has 18 heavy (non-hydrogen) atoms. The average molecular weight is 263 g/mol. The fourth-order valence-electron chi connectivity index (χ4n) is 1.30. The van der Waals surface area contributed by atoms with Gasteiger partial charge in [0.25, 0.3) is 0 Å². The van der Waals surface area contributed by atoms with Crippen LogP contribution in [0.5, 0.6) is 5.75 Å². The largest absolute Gasteiger partial charge is 0.477 e. The summed E-state index contributed by atoms with van der Waals surface area (Å²) in [6.07, 6.45) is -0.720. The Labute approximate surface area is 107 Å². The Hall–Kier alpha value is -2.34. The Balaban J connectivity index is 2.04. The van der Waals surface area contributed by atoms with Crippen LogP contribution in [-0.4, -0.2) is 17.2 Å². The standard InChI is InChI=1S/C12H9NO4S/c14-11(15)10-9(6-7-18-10)13-12(16)17-8-4-2-1-3-5-8/h1-7H,(H,13,16)(H,14,15). The van der Waals surface area contributed by atoms with Crippen LogP contribution in [0.3, 0.4) is 0 Å². The predicted octanol–water partition coefficient (Wildman–Crippen LogP) is 3.06. The zero-order valence-electron chi connectivity index (χ0n) is 9.12. The molecule has 0 fully saturated rings. The van der Waals surface area contributed by atoms with Crippen molar-refractivity contribution in [3.63, 3.8) is 0 Å². The van der Waals surface area contributed by atoms with Crippen molar-refractivity contribution in [1.82, 2.24) is 0 Å². The molecule has 2 N–H and O–H groups in total. The molecule has 2 rings (SSSR count). The summed E-state index contributed by atoms with van der Waals surface area (Å²) in [6, 6.07) is 10.0. The van der Waals surface area contributed by atoms with Crippen LogP contribution < -0.4 is 10.1 Å². The van der Waals surface area contributed by atoms with Crippen molar-refractivity contribution in [2.45, 2.75) is 0 Å². The van der Waals surface area contributed by atoms with Crippen LogP contribution in [-0.2, 0) is 0 Å². The van der Waals surface area contributed by atoms with E-state index < -0.39 is 12.1 Å². The highest BCUT2D eigenvalue weighted by Gasteiger charge is 2.14. The third kappa shape index (κ3) is 2.86. The van der Waals surface area contributed by atoms with Gasteiger partial charge in [-0.15, -0.1) is 11.3 Å². The molecule has 0 radical (unpaired) electrons. The number of anilines is 1. The highest BCUT2D eigenvalue weighted by molar-refractivity contribution is 7.12. The molecule has 5 nitrogen and oxygen atoms in total. The van der Waals surface area contributed by atoms with Crippen LogP contribution in [0, 0.1) is 0 Å². The third-order valence-corrected chi connectivity index (χ3v) is 2.95. The predicted molar refractivity (Wildman–Crippen MR) is 67.4 cm³/mol. The fraction of sp³-hybridized carbons (Fsp3) is 0. The Kier molecular flexibility index (Phi) is 3.59. The van der Waals surface area contributed by atoms with E-state index in [-0.39, 0.29) is 10.6 Å². The van der Waals surface area contributed by atoms with Gasteiger partial charge in [-0.25, -0.2) is 9.59 Å². The molecule has 1 heterocycles. The van der Waals surface area contributed by atoms with Gasteiger partial charge in [-0.1, -0.05) is 18.2 Å². The normalized spacial score (nSPS) is 9.78. The van der Waals surface area contributed by atoms with Crippen LogP contribution in [0.1, 0.15) is 9.67 Å². The number of carbonyl (C=O) groups excluding carboxylic acids is 1. The van der Waals surface area contributed by atoms with E-state index in [0.717, 1.165) is 11.3 Å². The van der Waals surface area contributed by atoms with Crippen molar-refractivity contribution < 1.29 is 19.4 Å². The molecule has 0 spiro atoms. The number of rotatable bonds is 3. The average Bonchev–Trinajstić information content (AvgIpc) is 2.78. The van der Waals surface area contributed by atoms with Gasteiger partial charge in [0, 0.05) is 0 Å². The lowest BCUT2D eigenvalue weighted by Gasteiger charge is -2.05. The summed E-state index contributed by atoms with van der Waals surface area (Å²) >= 11 is 1.04. The molecular formula is C12H9NO4S. The number of para-hydroxylation sites is 1. The van der Waals surface area contributed by atoms with E-state index in [1.807, 2.05) is 0 Å². The number of hydrogen-bond acceptors (Lipinski definition) is 4. The van der Waals surface area contributed by atoms with Gasteiger partial charge in [0.2, 0.25) is 0 Å². The molecule has 2 aromatic rings.